The Kier molecular flexibility index (Phi) is 4.52. The minimum atomic E-state index is -0.948. The molecular formula is C11H18N2O5. The highest BCUT2D eigenvalue weighted by Gasteiger charge is 2.40. The molecule has 3 N–H and O–H groups in total. The summed E-state index contributed by atoms with van der Waals surface area (Å²) in [6.07, 6.45) is 2.06. The Hall–Kier alpha value is -1.79. The quantitative estimate of drug-likeness (QED) is 0.613. The van der Waals surface area contributed by atoms with Crippen molar-refractivity contribution in [2.24, 2.45) is 0 Å². The number of carboxylic acids is 1. The monoisotopic (exact) mass is 258 g/mol. The van der Waals surface area contributed by atoms with Gasteiger partial charge in [0.15, 0.2) is 0 Å². The van der Waals surface area contributed by atoms with Crippen LogP contribution in [0, 0.1) is 0 Å². The van der Waals surface area contributed by atoms with Gasteiger partial charge < -0.3 is 20.5 Å². The normalized spacial score (nSPS) is 18.1. The molecule has 0 radical (unpaired) electrons. The van der Waals surface area contributed by atoms with Crippen LogP contribution in [-0.4, -0.2) is 41.8 Å². The molecule has 1 aliphatic carbocycles. The fourth-order valence-corrected chi connectivity index (χ4v) is 1.95. The third-order valence-electron chi connectivity index (χ3n) is 3.08. The molecule has 0 bridgehead atoms. The summed E-state index contributed by atoms with van der Waals surface area (Å²) in [5.74, 6) is -1.50. The minimum absolute atomic E-state index is 0.104. The van der Waals surface area contributed by atoms with E-state index < -0.39 is 29.6 Å². The Balaban J connectivity index is 2.48. The van der Waals surface area contributed by atoms with Crippen LogP contribution in [0.5, 0.6) is 0 Å². The fourth-order valence-electron chi connectivity index (χ4n) is 1.95. The largest absolute Gasteiger partial charge is 0.481 e. The summed E-state index contributed by atoms with van der Waals surface area (Å²) in [5.41, 5.74) is -0.675. The number of urea groups is 1. The zero-order chi connectivity index (χ0) is 13.8. The lowest BCUT2D eigenvalue weighted by Gasteiger charge is -2.41. The first-order chi connectivity index (χ1) is 8.38. The molecule has 7 heteroatoms. The van der Waals surface area contributed by atoms with Gasteiger partial charge in [0, 0.05) is 0 Å². The maximum atomic E-state index is 11.6. The lowest BCUT2D eigenvalue weighted by atomic mass is 9.74. The van der Waals surface area contributed by atoms with Crippen molar-refractivity contribution in [3.05, 3.63) is 0 Å². The summed E-state index contributed by atoms with van der Waals surface area (Å²) in [6.45, 7) is 1.50. The van der Waals surface area contributed by atoms with Crippen molar-refractivity contribution in [3.63, 3.8) is 0 Å². The molecule has 1 rings (SSSR count). The number of carbonyl (C=O) groups is 3. The highest BCUT2D eigenvalue weighted by Crippen LogP contribution is 2.34. The number of carboxylic acid groups (broad SMARTS) is 1. The predicted molar refractivity (Wildman–Crippen MR) is 62.0 cm³/mol. The Morgan fingerprint density at radius 2 is 2.00 bits per heavy atom. The lowest BCUT2D eigenvalue weighted by Crippen LogP contribution is -2.58. The number of ether oxygens (including phenoxy) is 1. The van der Waals surface area contributed by atoms with Crippen LogP contribution in [0.2, 0.25) is 0 Å². The first kappa shape index (κ1) is 14.3. The van der Waals surface area contributed by atoms with Crippen LogP contribution in [0.15, 0.2) is 0 Å². The van der Waals surface area contributed by atoms with Gasteiger partial charge in [-0.2, -0.15) is 0 Å². The van der Waals surface area contributed by atoms with Gasteiger partial charge in [-0.05, 0) is 26.2 Å². The second kappa shape index (κ2) is 5.70. The molecule has 0 spiro atoms. The summed E-state index contributed by atoms with van der Waals surface area (Å²) >= 11 is 0. The number of rotatable bonds is 5. The molecule has 0 heterocycles. The molecule has 7 nitrogen and oxygen atoms in total. The van der Waals surface area contributed by atoms with E-state index in [-0.39, 0.29) is 6.42 Å². The summed E-state index contributed by atoms with van der Waals surface area (Å²) in [5, 5.41) is 13.8. The average molecular weight is 258 g/mol. The van der Waals surface area contributed by atoms with E-state index in [9.17, 15) is 14.4 Å². The summed E-state index contributed by atoms with van der Waals surface area (Å²) in [7, 11) is 1.23. The number of hydrogen-bond acceptors (Lipinski definition) is 4. The number of esters is 1. The molecule has 1 saturated carbocycles. The maximum Gasteiger partial charge on any atom is 0.328 e. The first-order valence-corrected chi connectivity index (χ1v) is 5.77. The Morgan fingerprint density at radius 1 is 1.39 bits per heavy atom. The molecule has 0 aromatic carbocycles. The van der Waals surface area contributed by atoms with E-state index in [2.05, 4.69) is 15.4 Å². The fraction of sp³-hybridized carbons (Fsp3) is 0.727. The van der Waals surface area contributed by atoms with E-state index in [4.69, 9.17) is 5.11 Å². The highest BCUT2D eigenvalue weighted by molar-refractivity contribution is 5.84. The molecule has 1 aliphatic rings. The van der Waals surface area contributed by atoms with Crippen molar-refractivity contribution in [2.75, 3.05) is 7.11 Å². The molecule has 0 saturated heterocycles. The summed E-state index contributed by atoms with van der Waals surface area (Å²) in [4.78, 5) is 33.5. The Bertz CT molecular complexity index is 351. The predicted octanol–water partition coefficient (Wildman–Crippen LogP) is 0.244. The average Bonchev–Trinajstić information content (AvgIpc) is 2.23. The van der Waals surface area contributed by atoms with Crippen molar-refractivity contribution in [1.29, 1.82) is 0 Å². The van der Waals surface area contributed by atoms with Crippen molar-refractivity contribution in [1.82, 2.24) is 10.6 Å². The molecule has 0 aromatic rings. The van der Waals surface area contributed by atoms with Crippen molar-refractivity contribution in [2.45, 2.75) is 44.2 Å². The van der Waals surface area contributed by atoms with Gasteiger partial charge in [-0.1, -0.05) is 0 Å². The summed E-state index contributed by atoms with van der Waals surface area (Å²) in [6, 6.07) is -1.31. The van der Waals surface area contributed by atoms with Crippen molar-refractivity contribution in [3.8, 4) is 0 Å². The molecule has 1 unspecified atom stereocenters. The van der Waals surface area contributed by atoms with Crippen LogP contribution in [0.4, 0.5) is 4.79 Å². The van der Waals surface area contributed by atoms with E-state index in [1.54, 1.807) is 0 Å². The lowest BCUT2D eigenvalue weighted by molar-refractivity contribution is -0.142. The van der Waals surface area contributed by atoms with Crippen LogP contribution in [0.1, 0.15) is 32.6 Å². The minimum Gasteiger partial charge on any atom is -0.481 e. The standard InChI is InChI=1S/C11H18N2O5/c1-7(9(16)18-2)12-10(17)13-11(4-3-5-11)6-8(14)15/h7H,3-6H2,1-2H3,(H,14,15)(H2,12,13,17). The summed E-state index contributed by atoms with van der Waals surface area (Å²) < 4.78 is 4.47. The van der Waals surface area contributed by atoms with Gasteiger partial charge >= 0.3 is 18.0 Å². The van der Waals surface area contributed by atoms with Gasteiger partial charge in [0.25, 0.3) is 0 Å². The van der Waals surface area contributed by atoms with Crippen LogP contribution in [-0.2, 0) is 14.3 Å². The van der Waals surface area contributed by atoms with E-state index >= 15 is 0 Å². The van der Waals surface area contributed by atoms with Gasteiger partial charge in [0.05, 0.1) is 19.1 Å². The molecule has 0 aliphatic heterocycles. The number of methoxy groups -OCH3 is 1. The number of aliphatic carboxylic acids is 1. The Labute approximate surface area is 105 Å². The third kappa shape index (κ3) is 3.61. The topological polar surface area (TPSA) is 105 Å². The van der Waals surface area contributed by atoms with Crippen molar-refractivity contribution >= 4 is 18.0 Å². The SMILES string of the molecule is COC(=O)C(C)NC(=O)NC1(CC(=O)O)CCC1. The van der Waals surface area contributed by atoms with Gasteiger partial charge in [-0.15, -0.1) is 0 Å². The van der Waals surface area contributed by atoms with E-state index in [0.717, 1.165) is 6.42 Å². The van der Waals surface area contributed by atoms with Crippen molar-refractivity contribution < 1.29 is 24.2 Å². The number of nitrogens with one attached hydrogen (secondary N) is 2. The van der Waals surface area contributed by atoms with Crippen LogP contribution >= 0.6 is 0 Å². The molecule has 0 aromatic heterocycles. The van der Waals surface area contributed by atoms with E-state index in [1.165, 1.54) is 14.0 Å². The zero-order valence-electron chi connectivity index (χ0n) is 10.5. The van der Waals surface area contributed by atoms with Gasteiger partial charge in [0.1, 0.15) is 6.04 Å². The second-order valence-corrected chi connectivity index (χ2v) is 4.55. The number of amides is 2. The third-order valence-corrected chi connectivity index (χ3v) is 3.08. The molecule has 102 valence electrons. The molecule has 2 amide bonds. The molecular weight excluding hydrogens is 240 g/mol. The number of carbonyl (C=O) groups excluding carboxylic acids is 2. The Morgan fingerprint density at radius 3 is 2.39 bits per heavy atom. The van der Waals surface area contributed by atoms with Gasteiger partial charge in [0.2, 0.25) is 0 Å². The van der Waals surface area contributed by atoms with Gasteiger partial charge in [-0.25, -0.2) is 9.59 Å². The van der Waals surface area contributed by atoms with E-state index in [0.29, 0.717) is 12.8 Å². The molecule has 1 fully saturated rings. The number of hydrogen-bond donors (Lipinski definition) is 3. The molecule has 18 heavy (non-hydrogen) atoms. The smallest absolute Gasteiger partial charge is 0.328 e. The zero-order valence-corrected chi connectivity index (χ0v) is 10.5. The van der Waals surface area contributed by atoms with Gasteiger partial charge in [-0.3, -0.25) is 4.79 Å². The molecule has 1 atom stereocenters. The van der Waals surface area contributed by atoms with E-state index in [1.807, 2.05) is 0 Å². The van der Waals surface area contributed by atoms with Crippen LogP contribution < -0.4 is 10.6 Å². The van der Waals surface area contributed by atoms with Crippen LogP contribution in [0.25, 0.3) is 0 Å². The first-order valence-electron chi connectivity index (χ1n) is 5.77. The second-order valence-electron chi connectivity index (χ2n) is 4.55. The van der Waals surface area contributed by atoms with Crippen LogP contribution in [0.3, 0.4) is 0 Å². The maximum absolute atomic E-state index is 11.6. The highest BCUT2D eigenvalue weighted by atomic mass is 16.5.